The van der Waals surface area contributed by atoms with Crippen LogP contribution < -0.4 is 5.32 Å². The van der Waals surface area contributed by atoms with Gasteiger partial charge in [0.2, 0.25) is 5.91 Å². The van der Waals surface area contributed by atoms with Crippen molar-refractivity contribution >= 4 is 11.6 Å². The van der Waals surface area contributed by atoms with Gasteiger partial charge in [-0.1, -0.05) is 23.4 Å². The van der Waals surface area contributed by atoms with Gasteiger partial charge in [0.15, 0.2) is 5.82 Å². The van der Waals surface area contributed by atoms with Crippen molar-refractivity contribution < 1.29 is 4.79 Å². The Hall–Kier alpha value is -3.09. The molecule has 122 valence electrons. The topological polar surface area (TPSA) is 96.5 Å². The Morgan fingerprint density at radius 1 is 1.25 bits per heavy atom. The Kier molecular flexibility index (Phi) is 4.60. The van der Waals surface area contributed by atoms with Gasteiger partial charge in [-0.2, -0.15) is 5.21 Å². The number of rotatable bonds is 5. The molecule has 0 saturated heterocycles. The van der Waals surface area contributed by atoms with Crippen LogP contribution in [0.1, 0.15) is 28.4 Å². The van der Waals surface area contributed by atoms with E-state index in [0.717, 1.165) is 22.4 Å². The lowest BCUT2D eigenvalue weighted by Crippen LogP contribution is -2.24. The first-order chi connectivity index (χ1) is 11.6. The molecule has 0 bridgehead atoms. The molecule has 2 heterocycles. The van der Waals surface area contributed by atoms with Crippen LogP contribution in [0.4, 0.5) is 5.69 Å². The molecule has 7 nitrogen and oxygen atoms in total. The summed E-state index contributed by atoms with van der Waals surface area (Å²) < 4.78 is 0. The number of aromatic amines is 1. The molecule has 1 aromatic carbocycles. The predicted molar refractivity (Wildman–Crippen MR) is 89.4 cm³/mol. The number of nitrogens with zero attached hydrogens (tertiary/aromatic N) is 4. The monoisotopic (exact) mass is 322 g/mol. The molecule has 0 fully saturated rings. The number of tetrazole rings is 1. The number of pyridine rings is 1. The maximum atomic E-state index is 12.8. The summed E-state index contributed by atoms with van der Waals surface area (Å²) in [6.45, 7) is 3.99. The highest BCUT2D eigenvalue weighted by atomic mass is 16.1. The van der Waals surface area contributed by atoms with Crippen LogP contribution in [0.5, 0.6) is 0 Å². The summed E-state index contributed by atoms with van der Waals surface area (Å²) >= 11 is 0. The van der Waals surface area contributed by atoms with Crippen LogP contribution in [-0.4, -0.2) is 31.5 Å². The minimum absolute atomic E-state index is 0.172. The average Bonchev–Trinajstić information content (AvgIpc) is 3.12. The lowest BCUT2D eigenvalue weighted by Gasteiger charge is -2.15. The minimum atomic E-state index is -0.548. The third-order valence-electron chi connectivity index (χ3n) is 4.02. The smallest absolute Gasteiger partial charge is 0.235 e. The summed E-state index contributed by atoms with van der Waals surface area (Å²) in [5.74, 6) is -0.358. The van der Waals surface area contributed by atoms with Crippen molar-refractivity contribution in [3.63, 3.8) is 0 Å². The van der Waals surface area contributed by atoms with Gasteiger partial charge in [0, 0.05) is 18.1 Å². The van der Waals surface area contributed by atoms with E-state index in [2.05, 4.69) is 30.9 Å². The van der Waals surface area contributed by atoms with Gasteiger partial charge in [0.25, 0.3) is 0 Å². The summed E-state index contributed by atoms with van der Waals surface area (Å²) in [5.41, 5.74) is 3.89. The highest BCUT2D eigenvalue weighted by molar-refractivity contribution is 5.96. The molecular formula is C17H18N6O. The quantitative estimate of drug-likeness (QED) is 0.750. The van der Waals surface area contributed by atoms with E-state index in [4.69, 9.17) is 0 Å². The van der Waals surface area contributed by atoms with Crippen molar-refractivity contribution in [2.24, 2.45) is 0 Å². The van der Waals surface area contributed by atoms with Crippen molar-refractivity contribution in [3.8, 4) is 0 Å². The van der Waals surface area contributed by atoms with Gasteiger partial charge < -0.3 is 5.32 Å². The Labute approximate surface area is 139 Å². The van der Waals surface area contributed by atoms with Crippen LogP contribution in [-0.2, 0) is 11.2 Å². The van der Waals surface area contributed by atoms with E-state index in [-0.39, 0.29) is 5.91 Å². The van der Waals surface area contributed by atoms with Crippen molar-refractivity contribution in [3.05, 3.63) is 65.2 Å². The van der Waals surface area contributed by atoms with E-state index in [9.17, 15) is 4.79 Å². The molecule has 0 spiro atoms. The van der Waals surface area contributed by atoms with Crippen LogP contribution in [0.25, 0.3) is 0 Å². The molecule has 1 amide bonds. The van der Waals surface area contributed by atoms with Crippen LogP contribution in [0, 0.1) is 13.8 Å². The van der Waals surface area contributed by atoms with E-state index in [1.807, 2.05) is 44.2 Å². The average molecular weight is 322 g/mol. The standard InChI is InChI=1S/C17H18N6O/c1-11-5-3-7-15(12(11)2)19-17(24)14(16-20-22-23-21-16)9-13-6-4-8-18-10-13/h3-8,10,14H,9H2,1-2H3,(H,19,24)(H,20,21,22,23)/t14-/m0/s1. The normalized spacial score (nSPS) is 11.9. The summed E-state index contributed by atoms with van der Waals surface area (Å²) in [4.78, 5) is 16.9. The molecule has 2 N–H and O–H groups in total. The van der Waals surface area contributed by atoms with Crippen LogP contribution in [0.15, 0.2) is 42.7 Å². The highest BCUT2D eigenvalue weighted by Gasteiger charge is 2.26. The summed E-state index contributed by atoms with van der Waals surface area (Å²) in [5, 5.41) is 16.9. The zero-order valence-electron chi connectivity index (χ0n) is 13.5. The lowest BCUT2D eigenvalue weighted by molar-refractivity contribution is -0.117. The number of hydrogen-bond donors (Lipinski definition) is 2. The zero-order valence-corrected chi connectivity index (χ0v) is 13.5. The van der Waals surface area contributed by atoms with E-state index in [0.29, 0.717) is 12.2 Å². The van der Waals surface area contributed by atoms with Crippen molar-refractivity contribution in [2.75, 3.05) is 5.32 Å². The molecule has 1 atom stereocenters. The molecule has 0 unspecified atom stereocenters. The lowest BCUT2D eigenvalue weighted by atomic mass is 9.98. The molecule has 0 saturated carbocycles. The second-order valence-electron chi connectivity index (χ2n) is 5.62. The number of nitrogens with one attached hydrogen (secondary N) is 2. The van der Waals surface area contributed by atoms with Gasteiger partial charge >= 0.3 is 0 Å². The Balaban J connectivity index is 1.85. The van der Waals surface area contributed by atoms with Crippen LogP contribution >= 0.6 is 0 Å². The maximum absolute atomic E-state index is 12.8. The Morgan fingerprint density at radius 2 is 2.12 bits per heavy atom. The van der Waals surface area contributed by atoms with Gasteiger partial charge in [0.05, 0.1) is 0 Å². The molecule has 3 rings (SSSR count). The number of benzene rings is 1. The zero-order chi connectivity index (χ0) is 16.9. The third kappa shape index (κ3) is 3.45. The number of anilines is 1. The van der Waals surface area contributed by atoms with Gasteiger partial charge in [-0.3, -0.25) is 9.78 Å². The largest absolute Gasteiger partial charge is 0.325 e. The van der Waals surface area contributed by atoms with Crippen molar-refractivity contribution in [2.45, 2.75) is 26.2 Å². The Bertz CT molecular complexity index is 816. The summed E-state index contributed by atoms with van der Waals surface area (Å²) in [6, 6.07) is 9.58. The molecule has 0 aliphatic carbocycles. The molecule has 3 aromatic rings. The van der Waals surface area contributed by atoms with E-state index in [1.165, 1.54) is 0 Å². The number of carbonyl (C=O) groups excluding carboxylic acids is 1. The fourth-order valence-electron chi connectivity index (χ4n) is 2.48. The second kappa shape index (κ2) is 6.99. The van der Waals surface area contributed by atoms with Gasteiger partial charge in [-0.15, -0.1) is 10.2 Å². The Morgan fingerprint density at radius 3 is 2.83 bits per heavy atom. The maximum Gasteiger partial charge on any atom is 0.235 e. The predicted octanol–water partition coefficient (Wildman–Crippen LogP) is 2.18. The first kappa shape index (κ1) is 15.8. The number of H-pyrrole nitrogens is 1. The molecule has 24 heavy (non-hydrogen) atoms. The molecule has 0 aliphatic heterocycles. The summed E-state index contributed by atoms with van der Waals surface area (Å²) in [6.07, 6.45) is 3.88. The van der Waals surface area contributed by atoms with E-state index < -0.39 is 5.92 Å². The highest BCUT2D eigenvalue weighted by Crippen LogP contribution is 2.22. The number of amides is 1. The molecule has 0 radical (unpaired) electrons. The second-order valence-corrected chi connectivity index (χ2v) is 5.62. The van der Waals surface area contributed by atoms with Crippen molar-refractivity contribution in [1.82, 2.24) is 25.6 Å². The van der Waals surface area contributed by atoms with Crippen LogP contribution in [0.3, 0.4) is 0 Å². The number of aryl methyl sites for hydroxylation is 1. The van der Waals surface area contributed by atoms with Crippen LogP contribution in [0.2, 0.25) is 0 Å². The number of carbonyl (C=O) groups is 1. The minimum Gasteiger partial charge on any atom is -0.325 e. The van der Waals surface area contributed by atoms with E-state index in [1.54, 1.807) is 12.4 Å². The first-order valence-corrected chi connectivity index (χ1v) is 7.64. The number of hydrogen-bond acceptors (Lipinski definition) is 5. The summed E-state index contributed by atoms with van der Waals surface area (Å²) in [7, 11) is 0. The molecule has 2 aromatic heterocycles. The molecular weight excluding hydrogens is 304 g/mol. The molecule has 0 aliphatic rings. The third-order valence-corrected chi connectivity index (χ3v) is 4.02. The van der Waals surface area contributed by atoms with E-state index >= 15 is 0 Å². The van der Waals surface area contributed by atoms with Crippen molar-refractivity contribution in [1.29, 1.82) is 0 Å². The van der Waals surface area contributed by atoms with Gasteiger partial charge in [-0.25, -0.2) is 0 Å². The fraction of sp³-hybridized carbons (Fsp3) is 0.235. The number of aromatic nitrogens is 5. The van der Waals surface area contributed by atoms with Gasteiger partial charge in [0.1, 0.15) is 5.92 Å². The first-order valence-electron chi connectivity index (χ1n) is 7.64. The van der Waals surface area contributed by atoms with Gasteiger partial charge in [-0.05, 0) is 49.1 Å². The fourth-order valence-corrected chi connectivity index (χ4v) is 2.48. The SMILES string of the molecule is Cc1cccc(NC(=O)[C@@H](Cc2cccnc2)c2nn[nH]n2)c1C. The molecule has 7 heteroatoms.